The van der Waals surface area contributed by atoms with Gasteiger partial charge in [0.15, 0.2) is 0 Å². The Morgan fingerprint density at radius 3 is 2.20 bits per heavy atom. The molecule has 5 nitrogen and oxygen atoms in total. The lowest BCUT2D eigenvalue weighted by Crippen LogP contribution is -2.15. The van der Waals surface area contributed by atoms with Crippen molar-refractivity contribution in [2.75, 3.05) is 11.1 Å². The molecular formula is C19H22N2O3S. The van der Waals surface area contributed by atoms with Crippen molar-refractivity contribution in [1.82, 2.24) is 0 Å². The van der Waals surface area contributed by atoms with Crippen LogP contribution >= 0.6 is 11.8 Å². The van der Waals surface area contributed by atoms with Gasteiger partial charge < -0.3 is 5.32 Å². The van der Waals surface area contributed by atoms with Gasteiger partial charge >= 0.3 is 0 Å². The predicted molar refractivity (Wildman–Crippen MR) is 103 cm³/mol. The Morgan fingerprint density at radius 2 is 1.64 bits per heavy atom. The number of amides is 1. The Morgan fingerprint density at radius 1 is 1.04 bits per heavy atom. The Labute approximate surface area is 152 Å². The molecule has 0 heterocycles. The lowest BCUT2D eigenvalue weighted by molar-refractivity contribution is -0.384. The number of nitro groups is 1. The average Bonchev–Trinajstić information content (AvgIpc) is 2.54. The van der Waals surface area contributed by atoms with Gasteiger partial charge in [-0.3, -0.25) is 14.9 Å². The molecule has 1 N–H and O–H groups in total. The normalized spacial score (nSPS) is 10.6. The molecule has 0 fully saturated rings. The number of aryl methyl sites for hydroxylation is 3. The van der Waals surface area contributed by atoms with Crippen LogP contribution in [0.25, 0.3) is 0 Å². The van der Waals surface area contributed by atoms with Gasteiger partial charge in [-0.1, -0.05) is 12.1 Å². The highest BCUT2D eigenvalue weighted by Gasteiger charge is 2.14. The number of nitro benzene ring substituents is 1. The third kappa shape index (κ3) is 4.39. The van der Waals surface area contributed by atoms with Crippen molar-refractivity contribution in [2.45, 2.75) is 39.5 Å². The number of hydrogen-bond donors (Lipinski definition) is 1. The van der Waals surface area contributed by atoms with Crippen LogP contribution in [0.15, 0.2) is 29.2 Å². The molecule has 0 saturated carbocycles. The number of thioether (sulfide) groups is 1. The smallest absolute Gasteiger partial charge is 0.271 e. The van der Waals surface area contributed by atoms with E-state index < -0.39 is 4.92 Å². The van der Waals surface area contributed by atoms with E-state index >= 15 is 0 Å². The van der Waals surface area contributed by atoms with Crippen molar-refractivity contribution in [1.29, 1.82) is 0 Å². The topological polar surface area (TPSA) is 72.2 Å². The second-order valence-corrected chi connectivity index (χ2v) is 7.17. The number of hydrogen-bond acceptors (Lipinski definition) is 4. The molecule has 0 aliphatic rings. The lowest BCUT2D eigenvalue weighted by Gasteiger charge is -2.15. The Balaban J connectivity index is 2.12. The third-order valence-corrected chi connectivity index (χ3v) is 5.66. The van der Waals surface area contributed by atoms with Crippen LogP contribution in [0.2, 0.25) is 0 Å². The third-order valence-electron chi connectivity index (χ3n) is 4.35. The summed E-state index contributed by atoms with van der Waals surface area (Å²) in [7, 11) is 0. The van der Waals surface area contributed by atoms with E-state index in [2.05, 4.69) is 39.1 Å². The fourth-order valence-corrected chi connectivity index (χ4v) is 3.68. The SMILES string of the molecule is Cc1ccc([N+](=O)[O-])cc1NC(=O)CSc1c(C)c(C)cc(C)c1C. The summed E-state index contributed by atoms with van der Waals surface area (Å²) in [5.41, 5.74) is 6.03. The molecule has 0 bridgehead atoms. The van der Waals surface area contributed by atoms with Crippen LogP contribution in [0.5, 0.6) is 0 Å². The van der Waals surface area contributed by atoms with Gasteiger partial charge in [-0.2, -0.15) is 0 Å². The monoisotopic (exact) mass is 358 g/mol. The van der Waals surface area contributed by atoms with Crippen molar-refractivity contribution in [3.63, 3.8) is 0 Å². The molecule has 1 amide bonds. The van der Waals surface area contributed by atoms with Crippen molar-refractivity contribution in [3.8, 4) is 0 Å². The number of nitrogens with one attached hydrogen (secondary N) is 1. The van der Waals surface area contributed by atoms with E-state index in [0.29, 0.717) is 5.69 Å². The minimum Gasteiger partial charge on any atom is -0.325 e. The molecule has 0 aliphatic carbocycles. The van der Waals surface area contributed by atoms with E-state index in [1.165, 1.54) is 46.1 Å². The second kappa shape index (κ2) is 7.70. The summed E-state index contributed by atoms with van der Waals surface area (Å²) in [6, 6.07) is 6.62. The number of anilines is 1. The standard InChI is InChI=1S/C19H22N2O3S/c1-11-6-7-16(21(23)24)9-17(11)20-18(22)10-25-19-14(4)12(2)8-13(3)15(19)5/h6-9H,10H2,1-5H3,(H,20,22). The molecular weight excluding hydrogens is 336 g/mol. The van der Waals surface area contributed by atoms with E-state index in [-0.39, 0.29) is 17.3 Å². The van der Waals surface area contributed by atoms with Gasteiger partial charge in [-0.15, -0.1) is 11.8 Å². The van der Waals surface area contributed by atoms with Crippen molar-refractivity contribution in [2.24, 2.45) is 0 Å². The Bertz CT molecular complexity index is 821. The maximum Gasteiger partial charge on any atom is 0.271 e. The van der Waals surface area contributed by atoms with Crippen LogP contribution in [-0.2, 0) is 4.79 Å². The summed E-state index contributed by atoms with van der Waals surface area (Å²) in [4.78, 5) is 23.9. The van der Waals surface area contributed by atoms with Crippen LogP contribution in [0.4, 0.5) is 11.4 Å². The van der Waals surface area contributed by atoms with Gasteiger partial charge in [0.25, 0.3) is 5.69 Å². The number of carbonyl (C=O) groups is 1. The zero-order chi connectivity index (χ0) is 18.7. The number of nitrogens with zero attached hydrogens (tertiary/aromatic N) is 1. The van der Waals surface area contributed by atoms with Crippen molar-refractivity contribution < 1.29 is 9.72 Å². The molecule has 0 radical (unpaired) electrons. The molecule has 0 saturated heterocycles. The molecule has 0 aromatic heterocycles. The highest BCUT2D eigenvalue weighted by Crippen LogP contribution is 2.31. The fourth-order valence-electron chi connectivity index (χ4n) is 2.58. The van der Waals surface area contributed by atoms with Gasteiger partial charge in [-0.25, -0.2) is 0 Å². The first kappa shape index (κ1) is 19.0. The van der Waals surface area contributed by atoms with Crippen LogP contribution < -0.4 is 5.32 Å². The number of non-ortho nitro benzene ring substituents is 1. The molecule has 6 heteroatoms. The quantitative estimate of drug-likeness (QED) is 0.470. The maximum absolute atomic E-state index is 12.3. The summed E-state index contributed by atoms with van der Waals surface area (Å²) in [5.74, 6) is 0.0822. The van der Waals surface area contributed by atoms with E-state index in [1.807, 2.05) is 6.92 Å². The first-order chi connectivity index (χ1) is 11.7. The number of benzene rings is 2. The van der Waals surface area contributed by atoms with Gasteiger partial charge in [0, 0.05) is 17.0 Å². The van der Waals surface area contributed by atoms with E-state index in [9.17, 15) is 14.9 Å². The van der Waals surface area contributed by atoms with Crippen LogP contribution in [0.1, 0.15) is 27.8 Å². The highest BCUT2D eigenvalue weighted by molar-refractivity contribution is 8.00. The molecule has 2 aromatic rings. The van der Waals surface area contributed by atoms with Crippen LogP contribution in [0.3, 0.4) is 0 Å². The summed E-state index contributed by atoms with van der Waals surface area (Å²) in [5, 5.41) is 13.7. The number of rotatable bonds is 5. The second-order valence-electron chi connectivity index (χ2n) is 6.18. The zero-order valence-electron chi connectivity index (χ0n) is 15.1. The first-order valence-corrected chi connectivity index (χ1v) is 8.94. The van der Waals surface area contributed by atoms with Gasteiger partial charge in [0.05, 0.1) is 16.4 Å². The van der Waals surface area contributed by atoms with Crippen LogP contribution in [-0.4, -0.2) is 16.6 Å². The maximum atomic E-state index is 12.3. The summed E-state index contributed by atoms with van der Waals surface area (Å²) in [6.07, 6.45) is 0. The van der Waals surface area contributed by atoms with Gasteiger partial charge in [0.2, 0.25) is 5.91 Å². The lowest BCUT2D eigenvalue weighted by atomic mass is 10.0. The molecule has 2 aromatic carbocycles. The first-order valence-electron chi connectivity index (χ1n) is 7.95. The Kier molecular flexibility index (Phi) is 5.85. The van der Waals surface area contributed by atoms with E-state index in [1.54, 1.807) is 6.07 Å². The zero-order valence-corrected chi connectivity index (χ0v) is 15.9. The van der Waals surface area contributed by atoms with E-state index in [0.717, 1.165) is 10.5 Å². The van der Waals surface area contributed by atoms with E-state index in [4.69, 9.17) is 0 Å². The largest absolute Gasteiger partial charge is 0.325 e. The molecule has 0 atom stereocenters. The fraction of sp³-hybridized carbons (Fsp3) is 0.316. The Hall–Kier alpha value is -2.34. The predicted octanol–water partition coefficient (Wildman–Crippen LogP) is 4.87. The van der Waals surface area contributed by atoms with Crippen LogP contribution in [0, 0.1) is 44.7 Å². The summed E-state index contributed by atoms with van der Waals surface area (Å²) in [6.45, 7) is 10.1. The van der Waals surface area contributed by atoms with Crippen molar-refractivity contribution in [3.05, 3.63) is 62.2 Å². The minimum absolute atomic E-state index is 0.0328. The molecule has 0 spiro atoms. The molecule has 0 aliphatic heterocycles. The van der Waals surface area contributed by atoms with Crippen molar-refractivity contribution >= 4 is 29.0 Å². The number of carbonyl (C=O) groups excluding carboxylic acids is 1. The molecule has 2 rings (SSSR count). The summed E-state index contributed by atoms with van der Waals surface area (Å²) < 4.78 is 0. The highest BCUT2D eigenvalue weighted by atomic mass is 32.2. The summed E-state index contributed by atoms with van der Waals surface area (Å²) >= 11 is 1.50. The van der Waals surface area contributed by atoms with Gasteiger partial charge in [0.1, 0.15) is 0 Å². The molecule has 0 unspecified atom stereocenters. The average molecular weight is 358 g/mol. The van der Waals surface area contributed by atoms with Gasteiger partial charge in [-0.05, 0) is 62.4 Å². The molecule has 132 valence electrons. The molecule has 25 heavy (non-hydrogen) atoms. The minimum atomic E-state index is -0.466.